The number of H-pyrrole nitrogens is 1. The molecule has 0 fully saturated rings. The number of fused-ring (bicyclic) bond motifs is 1. The molecular weight excluding hydrogens is 488 g/mol. The number of ether oxygens (including phenoxy) is 2. The van der Waals surface area contributed by atoms with Crippen LogP contribution in [0, 0.1) is 0 Å². The summed E-state index contributed by atoms with van der Waals surface area (Å²) in [5.74, 6) is 0.377. The fraction of sp³-hybridized carbons (Fsp3) is 0.0303. The van der Waals surface area contributed by atoms with Crippen LogP contribution in [-0.4, -0.2) is 28.2 Å². The Kier molecular flexibility index (Phi) is 6.27. The fourth-order valence-corrected chi connectivity index (χ4v) is 4.77. The smallest absolute Gasteiger partial charge is 0.339 e. The molecule has 0 aliphatic heterocycles. The number of carbonyl (C=O) groups is 1. The minimum absolute atomic E-state index is 0.0671. The number of nitrogens with zero attached hydrogens (tertiary/aromatic N) is 1. The molecule has 6 heteroatoms. The summed E-state index contributed by atoms with van der Waals surface area (Å²) >= 11 is 0. The minimum atomic E-state index is -1.07. The third-order valence-corrected chi connectivity index (χ3v) is 6.64. The molecule has 0 aliphatic rings. The van der Waals surface area contributed by atoms with E-state index in [-0.39, 0.29) is 11.3 Å². The number of para-hydroxylation sites is 1. The summed E-state index contributed by atoms with van der Waals surface area (Å²) in [7, 11) is 1.63. The molecule has 2 N–H and O–H groups in total. The van der Waals surface area contributed by atoms with Crippen molar-refractivity contribution in [3.63, 3.8) is 0 Å². The van der Waals surface area contributed by atoms with Gasteiger partial charge in [0.2, 0.25) is 0 Å². The van der Waals surface area contributed by atoms with E-state index in [9.17, 15) is 9.90 Å². The number of pyridine rings is 1. The van der Waals surface area contributed by atoms with Crippen LogP contribution in [0.4, 0.5) is 0 Å². The summed E-state index contributed by atoms with van der Waals surface area (Å²) in [6.07, 6.45) is 1.77. The molecule has 0 saturated heterocycles. The molecule has 6 aromatic rings. The molecule has 6 rings (SSSR count). The first-order valence-electron chi connectivity index (χ1n) is 12.4. The number of hydrogen-bond acceptors (Lipinski definition) is 4. The van der Waals surface area contributed by atoms with Crippen molar-refractivity contribution >= 4 is 16.7 Å². The van der Waals surface area contributed by atoms with Gasteiger partial charge in [0.1, 0.15) is 22.8 Å². The van der Waals surface area contributed by atoms with Crippen LogP contribution in [0.2, 0.25) is 0 Å². The van der Waals surface area contributed by atoms with Crippen molar-refractivity contribution in [2.45, 2.75) is 0 Å². The summed E-state index contributed by atoms with van der Waals surface area (Å²) < 4.78 is 12.0. The number of nitrogens with one attached hydrogen (secondary N) is 1. The van der Waals surface area contributed by atoms with Crippen molar-refractivity contribution in [2.75, 3.05) is 7.11 Å². The maximum atomic E-state index is 12.1. The van der Waals surface area contributed by atoms with Gasteiger partial charge in [0.25, 0.3) is 0 Å². The largest absolute Gasteiger partial charge is 0.497 e. The van der Waals surface area contributed by atoms with Crippen LogP contribution in [-0.2, 0) is 0 Å². The number of hydrogen-bond donors (Lipinski definition) is 2. The standard InChI is InChI=1S/C33H24N2O4/c1-38-24-17-15-22(16-18-24)28-29(23-10-3-2-4-11-23)35-31(30-25-12-6-5-9-21(25)19-20-34-30)32(28)39-27-14-8-7-13-26(27)33(36)37/h2-20,35H,1H3,(H,36,37). The number of carboxylic acid groups (broad SMARTS) is 1. The van der Waals surface area contributed by atoms with Crippen LogP contribution in [0.15, 0.2) is 115 Å². The van der Waals surface area contributed by atoms with E-state index in [2.05, 4.69) is 4.98 Å². The topological polar surface area (TPSA) is 84.4 Å². The van der Waals surface area contributed by atoms with E-state index < -0.39 is 5.97 Å². The number of aromatic carboxylic acids is 1. The lowest BCUT2D eigenvalue weighted by Gasteiger charge is -2.14. The van der Waals surface area contributed by atoms with Crippen molar-refractivity contribution in [1.29, 1.82) is 0 Å². The van der Waals surface area contributed by atoms with Gasteiger partial charge in [-0.2, -0.15) is 0 Å². The van der Waals surface area contributed by atoms with Gasteiger partial charge in [-0.15, -0.1) is 0 Å². The molecule has 0 bridgehead atoms. The molecule has 0 radical (unpaired) electrons. The average molecular weight is 513 g/mol. The number of aromatic nitrogens is 2. The van der Waals surface area contributed by atoms with Crippen molar-refractivity contribution in [1.82, 2.24) is 9.97 Å². The highest BCUT2D eigenvalue weighted by molar-refractivity contribution is 6.00. The number of methoxy groups -OCH3 is 1. The molecular formula is C33H24N2O4. The zero-order chi connectivity index (χ0) is 26.8. The first-order chi connectivity index (χ1) is 19.1. The fourth-order valence-electron chi connectivity index (χ4n) is 4.77. The predicted octanol–water partition coefficient (Wildman–Crippen LogP) is 8.06. The third kappa shape index (κ3) is 4.49. The summed E-state index contributed by atoms with van der Waals surface area (Å²) in [6, 6.07) is 34.3. The molecule has 0 amide bonds. The Hall–Kier alpha value is -5.36. The molecule has 0 aliphatic carbocycles. The number of carboxylic acids is 1. The number of aromatic amines is 1. The number of benzene rings is 4. The van der Waals surface area contributed by atoms with E-state index in [0.29, 0.717) is 17.1 Å². The molecule has 0 unspecified atom stereocenters. The first-order valence-corrected chi connectivity index (χ1v) is 12.4. The van der Waals surface area contributed by atoms with Gasteiger partial charge < -0.3 is 19.6 Å². The molecule has 0 spiro atoms. The van der Waals surface area contributed by atoms with Crippen molar-refractivity contribution in [2.24, 2.45) is 0 Å². The van der Waals surface area contributed by atoms with E-state index in [0.717, 1.165) is 38.9 Å². The first kappa shape index (κ1) is 24.0. The van der Waals surface area contributed by atoms with Gasteiger partial charge in [0, 0.05) is 11.6 Å². The Labute approximate surface area is 225 Å². The normalized spacial score (nSPS) is 10.9. The molecule has 2 aromatic heterocycles. The van der Waals surface area contributed by atoms with E-state index in [4.69, 9.17) is 14.5 Å². The van der Waals surface area contributed by atoms with Gasteiger partial charge in [0.05, 0.1) is 24.1 Å². The Balaban J connectivity index is 1.69. The average Bonchev–Trinajstić information content (AvgIpc) is 3.36. The SMILES string of the molecule is COc1ccc(-c2c(-c3ccccc3)[nH]c(-c3nccc4ccccc34)c2Oc2ccccc2C(=O)O)cc1. The second-order valence-electron chi connectivity index (χ2n) is 8.96. The Bertz CT molecular complexity index is 1790. The van der Waals surface area contributed by atoms with Gasteiger partial charge in [-0.1, -0.05) is 78.9 Å². The Morgan fingerprint density at radius 1 is 0.769 bits per heavy atom. The van der Waals surface area contributed by atoms with Crippen molar-refractivity contribution < 1.29 is 19.4 Å². The van der Waals surface area contributed by atoms with Gasteiger partial charge in [0.15, 0.2) is 5.75 Å². The highest BCUT2D eigenvalue weighted by atomic mass is 16.5. The highest BCUT2D eigenvalue weighted by Gasteiger charge is 2.26. The van der Waals surface area contributed by atoms with Gasteiger partial charge in [-0.05, 0) is 46.8 Å². The monoisotopic (exact) mass is 512 g/mol. The van der Waals surface area contributed by atoms with Crippen molar-refractivity contribution in [3.8, 4) is 51.0 Å². The Morgan fingerprint density at radius 2 is 1.49 bits per heavy atom. The van der Waals surface area contributed by atoms with Crippen LogP contribution in [0.25, 0.3) is 44.5 Å². The molecule has 39 heavy (non-hydrogen) atoms. The van der Waals surface area contributed by atoms with Gasteiger partial charge in [-0.3, -0.25) is 4.98 Å². The minimum Gasteiger partial charge on any atom is -0.497 e. The van der Waals surface area contributed by atoms with E-state index in [1.807, 2.05) is 84.9 Å². The summed E-state index contributed by atoms with van der Waals surface area (Å²) in [6.45, 7) is 0. The van der Waals surface area contributed by atoms with E-state index >= 15 is 0 Å². The lowest BCUT2D eigenvalue weighted by atomic mass is 9.99. The molecule has 190 valence electrons. The summed E-state index contributed by atoms with van der Waals surface area (Å²) in [5.41, 5.74) is 4.86. The molecule has 4 aromatic carbocycles. The second-order valence-corrected chi connectivity index (χ2v) is 8.96. The summed E-state index contributed by atoms with van der Waals surface area (Å²) in [4.78, 5) is 20.4. The highest BCUT2D eigenvalue weighted by Crippen LogP contribution is 2.48. The van der Waals surface area contributed by atoms with Crippen LogP contribution >= 0.6 is 0 Å². The quantitative estimate of drug-likeness (QED) is 0.226. The zero-order valence-electron chi connectivity index (χ0n) is 21.1. The second kappa shape index (κ2) is 10.2. The molecule has 0 atom stereocenters. The van der Waals surface area contributed by atoms with Crippen LogP contribution < -0.4 is 9.47 Å². The lowest BCUT2D eigenvalue weighted by molar-refractivity contribution is 0.0694. The van der Waals surface area contributed by atoms with E-state index in [1.165, 1.54) is 6.07 Å². The zero-order valence-corrected chi connectivity index (χ0v) is 21.1. The van der Waals surface area contributed by atoms with Crippen molar-refractivity contribution in [3.05, 3.63) is 121 Å². The lowest BCUT2D eigenvalue weighted by Crippen LogP contribution is -2.00. The Morgan fingerprint density at radius 3 is 2.26 bits per heavy atom. The van der Waals surface area contributed by atoms with Crippen LogP contribution in [0.3, 0.4) is 0 Å². The molecule has 2 heterocycles. The predicted molar refractivity (Wildman–Crippen MR) is 152 cm³/mol. The summed E-state index contributed by atoms with van der Waals surface area (Å²) in [5, 5.41) is 11.9. The third-order valence-electron chi connectivity index (χ3n) is 6.64. The van der Waals surface area contributed by atoms with Crippen LogP contribution in [0.5, 0.6) is 17.2 Å². The maximum Gasteiger partial charge on any atom is 0.339 e. The maximum absolute atomic E-state index is 12.1. The van der Waals surface area contributed by atoms with Gasteiger partial charge in [-0.25, -0.2) is 4.79 Å². The van der Waals surface area contributed by atoms with Crippen LogP contribution in [0.1, 0.15) is 10.4 Å². The molecule has 0 saturated carbocycles. The van der Waals surface area contributed by atoms with E-state index in [1.54, 1.807) is 31.5 Å². The van der Waals surface area contributed by atoms with Gasteiger partial charge >= 0.3 is 5.97 Å². The number of rotatable bonds is 7. The molecule has 6 nitrogen and oxygen atoms in total.